The number of nitrogens with zero attached hydrogens (tertiary/aromatic N) is 1. The van der Waals surface area contributed by atoms with E-state index in [1.165, 1.54) is 5.56 Å². The Bertz CT molecular complexity index is 491. The van der Waals surface area contributed by atoms with Crippen LogP contribution in [0, 0.1) is 6.92 Å². The second-order valence-electron chi connectivity index (χ2n) is 5.84. The van der Waals surface area contributed by atoms with Crippen LogP contribution >= 0.6 is 0 Å². The Morgan fingerprint density at radius 2 is 1.76 bits per heavy atom. The van der Waals surface area contributed by atoms with Gasteiger partial charge in [0, 0.05) is 25.4 Å². The minimum absolute atomic E-state index is 0.147. The summed E-state index contributed by atoms with van der Waals surface area (Å²) in [5.74, 6) is -0.635. The van der Waals surface area contributed by atoms with Crippen LogP contribution in [0.4, 0.5) is 0 Å². The number of amides is 1. The monoisotopic (exact) mass is 289 g/mol. The van der Waals surface area contributed by atoms with E-state index in [0.717, 1.165) is 18.4 Å². The average molecular weight is 289 g/mol. The molecule has 0 spiro atoms. The fourth-order valence-electron chi connectivity index (χ4n) is 2.39. The van der Waals surface area contributed by atoms with Gasteiger partial charge in [0.25, 0.3) is 0 Å². The number of rotatable bonds is 8. The Kier molecular flexibility index (Phi) is 5.37. The second-order valence-corrected chi connectivity index (χ2v) is 5.84. The third-order valence-corrected chi connectivity index (χ3v) is 3.81. The van der Waals surface area contributed by atoms with Crippen LogP contribution in [-0.4, -0.2) is 27.9 Å². The molecule has 1 aromatic rings. The molecule has 4 nitrogen and oxygen atoms in total. The van der Waals surface area contributed by atoms with Gasteiger partial charge in [0.2, 0.25) is 5.91 Å². The zero-order valence-corrected chi connectivity index (χ0v) is 12.5. The largest absolute Gasteiger partial charge is 0.481 e. The maximum absolute atomic E-state index is 12.3. The van der Waals surface area contributed by atoms with E-state index in [2.05, 4.69) is 31.2 Å². The highest BCUT2D eigenvalue weighted by Gasteiger charge is 2.32. The van der Waals surface area contributed by atoms with Gasteiger partial charge < -0.3 is 10.0 Å². The molecular formula is C17H23NO3. The van der Waals surface area contributed by atoms with Crippen molar-refractivity contribution in [2.24, 2.45) is 0 Å². The van der Waals surface area contributed by atoms with Crippen molar-refractivity contribution in [3.8, 4) is 0 Å². The Balaban J connectivity index is 1.85. The molecule has 0 bridgehead atoms. The van der Waals surface area contributed by atoms with Gasteiger partial charge in [-0.15, -0.1) is 0 Å². The summed E-state index contributed by atoms with van der Waals surface area (Å²) in [6, 6.07) is 8.67. The summed E-state index contributed by atoms with van der Waals surface area (Å²) in [6.45, 7) is 2.72. The fourth-order valence-corrected chi connectivity index (χ4v) is 2.39. The van der Waals surface area contributed by atoms with Gasteiger partial charge in [-0.3, -0.25) is 9.59 Å². The van der Waals surface area contributed by atoms with Crippen LogP contribution in [0.15, 0.2) is 24.3 Å². The summed E-state index contributed by atoms with van der Waals surface area (Å²) in [5, 5.41) is 8.61. The van der Waals surface area contributed by atoms with Crippen LogP contribution in [0.3, 0.4) is 0 Å². The van der Waals surface area contributed by atoms with E-state index in [9.17, 15) is 9.59 Å². The van der Waals surface area contributed by atoms with Crippen LogP contribution in [0.2, 0.25) is 0 Å². The van der Waals surface area contributed by atoms with Crippen molar-refractivity contribution >= 4 is 11.9 Å². The molecule has 114 valence electrons. The first-order chi connectivity index (χ1) is 10.1. The number of benzene rings is 1. The topological polar surface area (TPSA) is 57.6 Å². The van der Waals surface area contributed by atoms with Gasteiger partial charge >= 0.3 is 5.97 Å². The molecule has 0 unspecified atom stereocenters. The second kappa shape index (κ2) is 7.25. The van der Waals surface area contributed by atoms with Gasteiger partial charge in [-0.05, 0) is 38.2 Å². The molecule has 1 aliphatic rings. The zero-order valence-electron chi connectivity index (χ0n) is 12.5. The summed E-state index contributed by atoms with van der Waals surface area (Å²) in [7, 11) is 0. The number of carboxylic acids is 1. The Labute approximate surface area is 125 Å². The van der Waals surface area contributed by atoms with Crippen molar-refractivity contribution < 1.29 is 14.7 Å². The molecule has 0 heterocycles. The van der Waals surface area contributed by atoms with Gasteiger partial charge in [0.05, 0.1) is 0 Å². The van der Waals surface area contributed by atoms with E-state index in [4.69, 9.17) is 5.11 Å². The quantitative estimate of drug-likeness (QED) is 0.748. The number of hydrogen-bond acceptors (Lipinski definition) is 2. The van der Waals surface area contributed by atoms with Gasteiger partial charge in [-0.1, -0.05) is 29.8 Å². The first-order valence-corrected chi connectivity index (χ1v) is 7.63. The Hall–Kier alpha value is -1.84. The van der Waals surface area contributed by atoms with E-state index < -0.39 is 5.97 Å². The highest BCUT2D eigenvalue weighted by atomic mass is 16.4. The molecule has 1 saturated carbocycles. The van der Waals surface area contributed by atoms with Crippen molar-refractivity contribution in [1.29, 1.82) is 0 Å². The summed E-state index contributed by atoms with van der Waals surface area (Å²) >= 11 is 0. The number of carbonyl (C=O) groups excluding carboxylic acids is 1. The number of unbranched alkanes of at least 4 members (excludes halogenated alkanes) is 1. The summed E-state index contributed by atoms with van der Waals surface area (Å²) < 4.78 is 0. The van der Waals surface area contributed by atoms with E-state index in [1.807, 2.05) is 4.90 Å². The third kappa shape index (κ3) is 5.21. The lowest BCUT2D eigenvalue weighted by molar-refractivity contribution is -0.137. The molecule has 1 amide bonds. The van der Waals surface area contributed by atoms with E-state index >= 15 is 0 Å². The standard InChI is InChI=1S/C17H23NO3/c1-13-6-8-14(9-7-13)12-18(15-10-11-15)16(19)4-2-3-5-17(20)21/h6-9,15H,2-5,10-12H2,1H3,(H,20,21). The lowest BCUT2D eigenvalue weighted by atomic mass is 10.1. The maximum Gasteiger partial charge on any atom is 0.303 e. The van der Waals surface area contributed by atoms with Crippen LogP contribution in [0.25, 0.3) is 0 Å². The SMILES string of the molecule is Cc1ccc(CN(C(=O)CCCCC(=O)O)C2CC2)cc1. The smallest absolute Gasteiger partial charge is 0.303 e. The molecule has 0 aromatic heterocycles. The molecule has 1 fully saturated rings. The molecule has 1 aliphatic carbocycles. The fraction of sp³-hybridized carbons (Fsp3) is 0.529. The van der Waals surface area contributed by atoms with Crippen molar-refractivity contribution in [3.63, 3.8) is 0 Å². The molecule has 0 aliphatic heterocycles. The number of hydrogen-bond donors (Lipinski definition) is 1. The third-order valence-electron chi connectivity index (χ3n) is 3.81. The molecule has 0 saturated heterocycles. The minimum Gasteiger partial charge on any atom is -0.481 e. The predicted molar refractivity (Wildman–Crippen MR) is 80.9 cm³/mol. The highest BCUT2D eigenvalue weighted by molar-refractivity contribution is 5.77. The first kappa shape index (κ1) is 15.5. The van der Waals surface area contributed by atoms with Gasteiger partial charge in [-0.2, -0.15) is 0 Å². The summed E-state index contributed by atoms with van der Waals surface area (Å²) in [5.41, 5.74) is 2.38. The molecule has 2 rings (SSSR count). The molecule has 0 radical (unpaired) electrons. The van der Waals surface area contributed by atoms with Crippen LogP contribution in [-0.2, 0) is 16.1 Å². The van der Waals surface area contributed by atoms with E-state index in [1.54, 1.807) is 0 Å². The summed E-state index contributed by atoms with van der Waals surface area (Å²) in [6.07, 6.45) is 4.01. The normalized spacial score (nSPS) is 14.0. The van der Waals surface area contributed by atoms with Crippen molar-refractivity contribution in [2.75, 3.05) is 0 Å². The lowest BCUT2D eigenvalue weighted by Crippen LogP contribution is -2.32. The average Bonchev–Trinajstić information content (AvgIpc) is 3.27. The molecule has 4 heteroatoms. The van der Waals surface area contributed by atoms with Crippen molar-refractivity contribution in [3.05, 3.63) is 35.4 Å². The van der Waals surface area contributed by atoms with Gasteiger partial charge in [-0.25, -0.2) is 0 Å². The lowest BCUT2D eigenvalue weighted by Gasteiger charge is -2.22. The number of aryl methyl sites for hydroxylation is 1. The van der Waals surface area contributed by atoms with Crippen molar-refractivity contribution in [2.45, 2.75) is 58.0 Å². The molecule has 0 atom stereocenters. The van der Waals surface area contributed by atoms with Gasteiger partial charge in [0.15, 0.2) is 0 Å². The number of aliphatic carboxylic acids is 1. The minimum atomic E-state index is -0.791. The molecular weight excluding hydrogens is 266 g/mol. The number of carbonyl (C=O) groups is 2. The van der Waals surface area contributed by atoms with Gasteiger partial charge in [0.1, 0.15) is 0 Å². The highest BCUT2D eigenvalue weighted by Crippen LogP contribution is 2.29. The van der Waals surface area contributed by atoms with Crippen molar-refractivity contribution in [1.82, 2.24) is 4.90 Å². The van der Waals surface area contributed by atoms with E-state index in [0.29, 0.717) is 31.8 Å². The predicted octanol–water partition coefficient (Wildman–Crippen LogP) is 3.13. The first-order valence-electron chi connectivity index (χ1n) is 7.63. The van der Waals surface area contributed by atoms with Crippen LogP contribution in [0.1, 0.15) is 49.7 Å². The Morgan fingerprint density at radius 1 is 1.14 bits per heavy atom. The molecule has 1 aromatic carbocycles. The Morgan fingerprint density at radius 3 is 2.33 bits per heavy atom. The van der Waals surface area contributed by atoms with Crippen LogP contribution < -0.4 is 0 Å². The summed E-state index contributed by atoms with van der Waals surface area (Å²) in [4.78, 5) is 24.8. The zero-order chi connectivity index (χ0) is 15.2. The van der Waals surface area contributed by atoms with E-state index in [-0.39, 0.29) is 12.3 Å². The maximum atomic E-state index is 12.3. The molecule has 21 heavy (non-hydrogen) atoms. The molecule has 1 N–H and O–H groups in total. The van der Waals surface area contributed by atoms with Crippen LogP contribution in [0.5, 0.6) is 0 Å². The number of carboxylic acid groups (broad SMARTS) is 1.